The molecular formula is C11H25N3S. The van der Waals surface area contributed by atoms with Gasteiger partial charge in [-0.15, -0.1) is 0 Å². The summed E-state index contributed by atoms with van der Waals surface area (Å²) < 4.78 is 0. The fraction of sp³-hybridized carbons (Fsp3) is 1.00. The van der Waals surface area contributed by atoms with Gasteiger partial charge in [0.1, 0.15) is 0 Å². The van der Waals surface area contributed by atoms with Crippen LogP contribution >= 0.6 is 11.8 Å². The summed E-state index contributed by atoms with van der Waals surface area (Å²) in [5.41, 5.74) is 5.53. The number of thioether (sulfide) groups is 1. The van der Waals surface area contributed by atoms with Gasteiger partial charge in [-0.3, -0.25) is 4.90 Å². The first-order valence-electron chi connectivity index (χ1n) is 5.95. The third-order valence-corrected chi connectivity index (χ3v) is 4.20. The normalized spacial score (nSPS) is 21.8. The molecule has 1 rings (SSSR count). The molecule has 15 heavy (non-hydrogen) atoms. The molecule has 1 saturated heterocycles. The van der Waals surface area contributed by atoms with Crippen LogP contribution in [0.1, 0.15) is 13.3 Å². The van der Waals surface area contributed by atoms with Crippen LogP contribution in [0.4, 0.5) is 0 Å². The maximum absolute atomic E-state index is 5.53. The van der Waals surface area contributed by atoms with Crippen molar-refractivity contribution in [2.24, 2.45) is 5.73 Å². The molecule has 1 heterocycles. The Balaban J connectivity index is 2.00. The fourth-order valence-corrected chi connectivity index (χ4v) is 2.84. The van der Waals surface area contributed by atoms with Crippen molar-refractivity contribution >= 4 is 11.8 Å². The summed E-state index contributed by atoms with van der Waals surface area (Å²) in [7, 11) is 2.20. The van der Waals surface area contributed by atoms with Crippen LogP contribution in [0, 0.1) is 0 Å². The highest BCUT2D eigenvalue weighted by atomic mass is 32.2. The molecular weight excluding hydrogens is 206 g/mol. The van der Waals surface area contributed by atoms with Crippen LogP contribution in [0.5, 0.6) is 0 Å². The average Bonchev–Trinajstić information content (AvgIpc) is 2.21. The summed E-state index contributed by atoms with van der Waals surface area (Å²) in [5, 5.41) is 0.725. The van der Waals surface area contributed by atoms with E-state index in [1.807, 2.05) is 0 Å². The van der Waals surface area contributed by atoms with E-state index in [0.29, 0.717) is 0 Å². The van der Waals surface area contributed by atoms with Crippen molar-refractivity contribution in [3.05, 3.63) is 0 Å². The van der Waals surface area contributed by atoms with Crippen LogP contribution in [-0.2, 0) is 0 Å². The summed E-state index contributed by atoms with van der Waals surface area (Å²) in [6.45, 7) is 9.27. The predicted molar refractivity (Wildman–Crippen MR) is 69.5 cm³/mol. The van der Waals surface area contributed by atoms with Gasteiger partial charge in [0.15, 0.2) is 0 Å². The minimum atomic E-state index is 0.725. The maximum Gasteiger partial charge on any atom is 0.0110 e. The number of hydrogen-bond donors (Lipinski definition) is 1. The standard InChI is InChI=1S/C11H25N3S/c1-11(3-4-12)15-10-9-14-7-5-13(2)6-8-14/h11H,3-10,12H2,1-2H3. The smallest absolute Gasteiger partial charge is 0.0110 e. The molecule has 90 valence electrons. The number of likely N-dealkylation sites (N-methyl/N-ethyl adjacent to an activating group) is 1. The zero-order chi connectivity index (χ0) is 11.1. The van der Waals surface area contributed by atoms with Gasteiger partial charge in [0, 0.05) is 43.7 Å². The van der Waals surface area contributed by atoms with E-state index >= 15 is 0 Å². The molecule has 0 aromatic carbocycles. The molecule has 3 nitrogen and oxygen atoms in total. The molecule has 0 amide bonds. The maximum atomic E-state index is 5.53. The van der Waals surface area contributed by atoms with Gasteiger partial charge in [-0.2, -0.15) is 11.8 Å². The highest BCUT2D eigenvalue weighted by molar-refractivity contribution is 7.99. The van der Waals surface area contributed by atoms with Gasteiger partial charge in [-0.05, 0) is 20.0 Å². The van der Waals surface area contributed by atoms with Crippen molar-refractivity contribution in [2.45, 2.75) is 18.6 Å². The summed E-state index contributed by atoms with van der Waals surface area (Å²) in [6.07, 6.45) is 1.15. The quantitative estimate of drug-likeness (QED) is 0.729. The first-order chi connectivity index (χ1) is 7.22. The minimum Gasteiger partial charge on any atom is -0.330 e. The van der Waals surface area contributed by atoms with Gasteiger partial charge < -0.3 is 10.6 Å². The molecule has 0 bridgehead atoms. The predicted octanol–water partition coefficient (Wildman–Crippen LogP) is 0.704. The third-order valence-electron chi connectivity index (χ3n) is 2.98. The van der Waals surface area contributed by atoms with Crippen molar-refractivity contribution in [1.29, 1.82) is 0 Å². The molecule has 1 aliphatic rings. The Morgan fingerprint density at radius 3 is 2.53 bits per heavy atom. The zero-order valence-electron chi connectivity index (χ0n) is 10.1. The average molecular weight is 231 g/mol. The lowest BCUT2D eigenvalue weighted by molar-refractivity contribution is 0.161. The third kappa shape index (κ3) is 5.76. The van der Waals surface area contributed by atoms with E-state index in [2.05, 4.69) is 35.5 Å². The molecule has 1 unspecified atom stereocenters. The van der Waals surface area contributed by atoms with Crippen LogP contribution in [0.3, 0.4) is 0 Å². The molecule has 1 atom stereocenters. The SMILES string of the molecule is CC(CCN)SCCN1CCN(C)CC1. The van der Waals surface area contributed by atoms with E-state index in [4.69, 9.17) is 5.73 Å². The molecule has 4 heteroatoms. The minimum absolute atomic E-state index is 0.725. The summed E-state index contributed by atoms with van der Waals surface area (Å²) in [5.74, 6) is 1.25. The summed E-state index contributed by atoms with van der Waals surface area (Å²) >= 11 is 2.06. The van der Waals surface area contributed by atoms with E-state index in [1.165, 1.54) is 38.5 Å². The monoisotopic (exact) mass is 231 g/mol. The Morgan fingerprint density at radius 1 is 1.27 bits per heavy atom. The van der Waals surface area contributed by atoms with Gasteiger partial charge in [0.05, 0.1) is 0 Å². The molecule has 0 aromatic rings. The molecule has 2 N–H and O–H groups in total. The van der Waals surface area contributed by atoms with Gasteiger partial charge >= 0.3 is 0 Å². The largest absolute Gasteiger partial charge is 0.330 e. The Morgan fingerprint density at radius 2 is 1.93 bits per heavy atom. The summed E-state index contributed by atoms with van der Waals surface area (Å²) in [6, 6.07) is 0. The van der Waals surface area contributed by atoms with Gasteiger partial charge in [-0.25, -0.2) is 0 Å². The first-order valence-corrected chi connectivity index (χ1v) is 7.00. The Kier molecular flexibility index (Phi) is 6.64. The number of nitrogens with two attached hydrogens (primary N) is 1. The van der Waals surface area contributed by atoms with Crippen molar-refractivity contribution in [3.63, 3.8) is 0 Å². The second-order valence-corrected chi connectivity index (χ2v) is 5.95. The van der Waals surface area contributed by atoms with Crippen molar-refractivity contribution in [2.75, 3.05) is 52.1 Å². The van der Waals surface area contributed by atoms with Crippen molar-refractivity contribution < 1.29 is 0 Å². The highest BCUT2D eigenvalue weighted by Gasteiger charge is 2.13. The molecule has 0 spiro atoms. The number of nitrogens with zero attached hydrogens (tertiary/aromatic N) is 2. The number of piperazine rings is 1. The van der Waals surface area contributed by atoms with E-state index in [9.17, 15) is 0 Å². The molecule has 0 aromatic heterocycles. The molecule has 1 aliphatic heterocycles. The lowest BCUT2D eigenvalue weighted by Gasteiger charge is -2.32. The topological polar surface area (TPSA) is 32.5 Å². The lowest BCUT2D eigenvalue weighted by atomic mass is 10.3. The molecule has 0 saturated carbocycles. The molecule has 1 fully saturated rings. The van der Waals surface area contributed by atoms with Crippen LogP contribution in [0.25, 0.3) is 0 Å². The van der Waals surface area contributed by atoms with Crippen LogP contribution in [-0.4, -0.2) is 67.1 Å². The lowest BCUT2D eigenvalue weighted by Crippen LogP contribution is -2.45. The van der Waals surface area contributed by atoms with Crippen molar-refractivity contribution in [1.82, 2.24) is 9.80 Å². The Hall–Kier alpha value is 0.230. The Bertz CT molecular complexity index is 158. The zero-order valence-corrected chi connectivity index (χ0v) is 10.9. The van der Waals surface area contributed by atoms with E-state index in [0.717, 1.165) is 18.2 Å². The number of hydrogen-bond acceptors (Lipinski definition) is 4. The number of rotatable bonds is 6. The van der Waals surface area contributed by atoms with E-state index < -0.39 is 0 Å². The van der Waals surface area contributed by atoms with Crippen LogP contribution in [0.2, 0.25) is 0 Å². The van der Waals surface area contributed by atoms with Gasteiger partial charge in [0.2, 0.25) is 0 Å². The highest BCUT2D eigenvalue weighted by Crippen LogP contribution is 2.13. The second-order valence-electron chi connectivity index (χ2n) is 4.40. The molecule has 0 radical (unpaired) electrons. The Labute approximate surface area is 98.4 Å². The van der Waals surface area contributed by atoms with Crippen molar-refractivity contribution in [3.8, 4) is 0 Å². The van der Waals surface area contributed by atoms with Gasteiger partial charge in [0.25, 0.3) is 0 Å². The summed E-state index contributed by atoms with van der Waals surface area (Å²) in [4.78, 5) is 4.98. The van der Waals surface area contributed by atoms with E-state index in [-0.39, 0.29) is 0 Å². The second kappa shape index (κ2) is 7.49. The molecule has 0 aliphatic carbocycles. The first kappa shape index (κ1) is 13.3. The fourth-order valence-electron chi connectivity index (χ4n) is 1.77. The van der Waals surface area contributed by atoms with Gasteiger partial charge in [-0.1, -0.05) is 6.92 Å². The van der Waals surface area contributed by atoms with E-state index in [1.54, 1.807) is 0 Å². The van der Waals surface area contributed by atoms with Crippen LogP contribution in [0.15, 0.2) is 0 Å². The van der Waals surface area contributed by atoms with Crippen LogP contribution < -0.4 is 5.73 Å².